The van der Waals surface area contributed by atoms with Crippen molar-refractivity contribution in [3.63, 3.8) is 0 Å². The third-order valence-corrected chi connectivity index (χ3v) is 4.53. The zero-order valence-corrected chi connectivity index (χ0v) is 13.5. The molecule has 0 spiro atoms. The summed E-state index contributed by atoms with van der Waals surface area (Å²) in [7, 11) is 0. The molecule has 0 bridgehead atoms. The van der Waals surface area contributed by atoms with E-state index in [9.17, 15) is 4.79 Å². The maximum Gasteiger partial charge on any atom is 0.306 e. The molecule has 0 radical (unpaired) electrons. The summed E-state index contributed by atoms with van der Waals surface area (Å²) in [5.74, 6) is 1.48. The monoisotopic (exact) mass is 320 g/mol. The molecule has 0 saturated carbocycles. The van der Waals surface area contributed by atoms with Gasteiger partial charge in [0, 0.05) is 32.3 Å². The average Bonchev–Trinajstić information content (AvgIpc) is 3.06. The quantitative estimate of drug-likeness (QED) is 0.853. The summed E-state index contributed by atoms with van der Waals surface area (Å²) < 4.78 is 5.61. The van der Waals surface area contributed by atoms with Gasteiger partial charge in [-0.3, -0.25) is 4.79 Å². The first-order chi connectivity index (χ1) is 11.1. The minimum absolute atomic E-state index is 0.230. The number of carboxylic acids is 1. The number of carboxylic acid groups (broad SMARTS) is 1. The molecule has 23 heavy (non-hydrogen) atoms. The first kappa shape index (κ1) is 16.0. The van der Waals surface area contributed by atoms with Crippen LogP contribution >= 0.6 is 0 Å². The number of nitrogens with zero attached hydrogens (tertiary/aromatic N) is 3. The second-order valence-electron chi connectivity index (χ2n) is 6.27. The van der Waals surface area contributed by atoms with Crippen molar-refractivity contribution < 1.29 is 14.6 Å². The molecule has 1 atom stereocenters. The number of aryl methyl sites for hydroxylation is 1. The Hall–Kier alpha value is -1.89. The number of aliphatic carboxylic acids is 1. The Morgan fingerprint density at radius 3 is 2.83 bits per heavy atom. The van der Waals surface area contributed by atoms with Gasteiger partial charge < -0.3 is 20.1 Å². The Labute approximate surface area is 136 Å². The molecule has 0 aromatic carbocycles. The average molecular weight is 320 g/mol. The van der Waals surface area contributed by atoms with Crippen molar-refractivity contribution in [3.05, 3.63) is 11.9 Å². The lowest BCUT2D eigenvalue weighted by Gasteiger charge is -2.31. The molecule has 1 unspecified atom stereocenters. The number of rotatable bonds is 5. The fourth-order valence-electron chi connectivity index (χ4n) is 3.18. The standard InChI is InChI=1S/C16H24N4O3/c1-11-18-14(17-10-13-3-2-8-23-13)9-15(19-11)20-6-4-12(5-7-20)16(21)22/h9,12-13H,2-8,10H2,1H3,(H,21,22)(H,17,18,19). The molecule has 0 amide bonds. The Balaban J connectivity index is 1.62. The van der Waals surface area contributed by atoms with E-state index in [4.69, 9.17) is 9.84 Å². The summed E-state index contributed by atoms with van der Waals surface area (Å²) in [6, 6.07) is 1.95. The summed E-state index contributed by atoms with van der Waals surface area (Å²) in [6.45, 7) is 4.93. The van der Waals surface area contributed by atoms with Gasteiger partial charge in [0.15, 0.2) is 0 Å². The normalized spacial score (nSPS) is 22.3. The molecular weight excluding hydrogens is 296 g/mol. The summed E-state index contributed by atoms with van der Waals surface area (Å²) in [6.07, 6.45) is 3.81. The van der Waals surface area contributed by atoms with Crippen LogP contribution < -0.4 is 10.2 Å². The number of piperidine rings is 1. The summed E-state index contributed by atoms with van der Waals surface area (Å²) >= 11 is 0. The van der Waals surface area contributed by atoms with Crippen LogP contribution in [0.2, 0.25) is 0 Å². The molecule has 126 valence electrons. The van der Waals surface area contributed by atoms with Crippen molar-refractivity contribution >= 4 is 17.6 Å². The molecule has 7 heteroatoms. The fraction of sp³-hybridized carbons (Fsp3) is 0.688. The van der Waals surface area contributed by atoms with Crippen LogP contribution in [-0.2, 0) is 9.53 Å². The lowest BCUT2D eigenvalue weighted by Crippen LogP contribution is -2.37. The highest BCUT2D eigenvalue weighted by Crippen LogP contribution is 2.24. The Morgan fingerprint density at radius 2 is 2.17 bits per heavy atom. The highest BCUT2D eigenvalue weighted by Gasteiger charge is 2.25. The van der Waals surface area contributed by atoms with Crippen LogP contribution in [0.1, 0.15) is 31.5 Å². The highest BCUT2D eigenvalue weighted by atomic mass is 16.5. The van der Waals surface area contributed by atoms with Crippen molar-refractivity contribution in [1.29, 1.82) is 0 Å². The topological polar surface area (TPSA) is 87.6 Å². The van der Waals surface area contributed by atoms with E-state index in [-0.39, 0.29) is 12.0 Å². The number of hydrogen-bond acceptors (Lipinski definition) is 6. The molecule has 2 aliphatic rings. The summed E-state index contributed by atoms with van der Waals surface area (Å²) in [4.78, 5) is 22.1. The SMILES string of the molecule is Cc1nc(NCC2CCCO2)cc(N2CCC(C(=O)O)CC2)n1. The van der Waals surface area contributed by atoms with Gasteiger partial charge in [-0.15, -0.1) is 0 Å². The lowest BCUT2D eigenvalue weighted by atomic mass is 9.97. The van der Waals surface area contributed by atoms with Crippen LogP contribution in [0.25, 0.3) is 0 Å². The number of ether oxygens (including phenoxy) is 1. The number of hydrogen-bond donors (Lipinski definition) is 2. The van der Waals surface area contributed by atoms with Crippen molar-refractivity contribution in [2.24, 2.45) is 5.92 Å². The van der Waals surface area contributed by atoms with Crippen LogP contribution in [0.4, 0.5) is 11.6 Å². The largest absolute Gasteiger partial charge is 0.481 e. The van der Waals surface area contributed by atoms with Crippen LogP contribution in [0, 0.1) is 12.8 Å². The number of nitrogens with one attached hydrogen (secondary N) is 1. The molecule has 7 nitrogen and oxygen atoms in total. The van der Waals surface area contributed by atoms with Crippen LogP contribution in [0.15, 0.2) is 6.07 Å². The van der Waals surface area contributed by atoms with E-state index in [0.717, 1.165) is 56.5 Å². The Kier molecular flexibility index (Phi) is 4.95. The second kappa shape index (κ2) is 7.12. The van der Waals surface area contributed by atoms with Crippen LogP contribution in [0.3, 0.4) is 0 Å². The number of carbonyl (C=O) groups is 1. The van der Waals surface area contributed by atoms with E-state index in [2.05, 4.69) is 20.2 Å². The minimum atomic E-state index is -0.692. The van der Waals surface area contributed by atoms with E-state index in [1.807, 2.05) is 13.0 Å². The van der Waals surface area contributed by atoms with Crippen molar-refractivity contribution in [1.82, 2.24) is 9.97 Å². The van der Waals surface area contributed by atoms with Gasteiger partial charge in [0.05, 0.1) is 12.0 Å². The third-order valence-electron chi connectivity index (χ3n) is 4.53. The smallest absolute Gasteiger partial charge is 0.306 e. The van der Waals surface area contributed by atoms with Gasteiger partial charge in [-0.1, -0.05) is 0 Å². The molecule has 2 N–H and O–H groups in total. The number of anilines is 2. The predicted octanol–water partition coefficient (Wildman–Crippen LogP) is 1.68. The molecular formula is C16H24N4O3. The summed E-state index contributed by atoms with van der Waals surface area (Å²) in [5.41, 5.74) is 0. The van der Waals surface area contributed by atoms with E-state index >= 15 is 0 Å². The molecule has 1 aromatic rings. The number of aromatic nitrogens is 2. The maximum atomic E-state index is 11.1. The first-order valence-electron chi connectivity index (χ1n) is 8.31. The predicted molar refractivity (Wildman–Crippen MR) is 86.8 cm³/mol. The van der Waals surface area contributed by atoms with E-state index in [1.54, 1.807) is 0 Å². The minimum Gasteiger partial charge on any atom is -0.481 e. The molecule has 0 aliphatic carbocycles. The molecule has 3 rings (SSSR count). The maximum absolute atomic E-state index is 11.1. The van der Waals surface area contributed by atoms with Crippen LogP contribution in [0.5, 0.6) is 0 Å². The second-order valence-corrected chi connectivity index (χ2v) is 6.27. The van der Waals surface area contributed by atoms with Crippen molar-refractivity contribution in [2.45, 2.75) is 38.7 Å². The van der Waals surface area contributed by atoms with Gasteiger partial charge in [0.25, 0.3) is 0 Å². The van der Waals surface area contributed by atoms with Gasteiger partial charge in [-0.2, -0.15) is 0 Å². The molecule has 3 heterocycles. The summed E-state index contributed by atoms with van der Waals surface area (Å²) in [5, 5.41) is 12.4. The zero-order chi connectivity index (χ0) is 16.2. The Morgan fingerprint density at radius 1 is 1.39 bits per heavy atom. The fourth-order valence-corrected chi connectivity index (χ4v) is 3.18. The van der Waals surface area contributed by atoms with Gasteiger partial charge in [0.1, 0.15) is 17.5 Å². The van der Waals surface area contributed by atoms with Crippen LogP contribution in [-0.4, -0.2) is 53.4 Å². The lowest BCUT2D eigenvalue weighted by molar-refractivity contribution is -0.142. The molecule has 2 fully saturated rings. The Bertz CT molecular complexity index is 552. The van der Waals surface area contributed by atoms with E-state index < -0.39 is 5.97 Å². The van der Waals surface area contributed by atoms with Gasteiger partial charge in [-0.05, 0) is 32.6 Å². The third kappa shape index (κ3) is 4.10. The van der Waals surface area contributed by atoms with Crippen molar-refractivity contribution in [3.8, 4) is 0 Å². The van der Waals surface area contributed by atoms with Crippen molar-refractivity contribution in [2.75, 3.05) is 36.5 Å². The van der Waals surface area contributed by atoms with E-state index in [1.165, 1.54) is 0 Å². The molecule has 2 saturated heterocycles. The molecule has 1 aromatic heterocycles. The first-order valence-corrected chi connectivity index (χ1v) is 8.31. The van der Waals surface area contributed by atoms with Gasteiger partial charge in [0.2, 0.25) is 0 Å². The van der Waals surface area contributed by atoms with Gasteiger partial charge >= 0.3 is 5.97 Å². The highest BCUT2D eigenvalue weighted by molar-refractivity contribution is 5.70. The zero-order valence-electron chi connectivity index (χ0n) is 13.5. The van der Waals surface area contributed by atoms with Gasteiger partial charge in [-0.25, -0.2) is 9.97 Å². The molecule has 2 aliphatic heterocycles. The van der Waals surface area contributed by atoms with E-state index in [0.29, 0.717) is 12.8 Å².